The summed E-state index contributed by atoms with van der Waals surface area (Å²) in [7, 11) is 1.68. The lowest BCUT2D eigenvalue weighted by Gasteiger charge is -2.32. The number of aromatic nitrogens is 3. The zero-order valence-electron chi connectivity index (χ0n) is 15.5. The Bertz CT molecular complexity index is 838. The molecule has 26 heavy (non-hydrogen) atoms. The predicted molar refractivity (Wildman–Crippen MR) is 102 cm³/mol. The third-order valence-corrected chi connectivity index (χ3v) is 5.16. The Morgan fingerprint density at radius 3 is 2.65 bits per heavy atom. The molecule has 1 aromatic carbocycles. The molecule has 1 atom stereocenters. The number of halogens is 1. The number of hydrogen-bond acceptors (Lipinski definition) is 3. The van der Waals surface area contributed by atoms with Crippen LogP contribution in [0.2, 0.25) is 5.02 Å². The fraction of sp³-hybridized carbons (Fsp3) is 0.526. The number of aryl methyl sites for hydroxylation is 1. The van der Waals surface area contributed by atoms with E-state index in [1.165, 1.54) is 4.68 Å². The summed E-state index contributed by atoms with van der Waals surface area (Å²) in [5.74, 6) is 0.983. The molecule has 1 amide bonds. The molecule has 0 bridgehead atoms. The van der Waals surface area contributed by atoms with Crippen LogP contribution in [0.5, 0.6) is 0 Å². The molecule has 1 aliphatic heterocycles. The van der Waals surface area contributed by atoms with E-state index in [0.29, 0.717) is 18.0 Å². The van der Waals surface area contributed by atoms with Crippen molar-refractivity contribution in [3.8, 4) is 0 Å². The lowest BCUT2D eigenvalue weighted by molar-refractivity contribution is -0.131. The van der Waals surface area contributed by atoms with E-state index in [4.69, 9.17) is 11.6 Å². The van der Waals surface area contributed by atoms with Gasteiger partial charge in [-0.15, -0.1) is 0 Å². The summed E-state index contributed by atoms with van der Waals surface area (Å²) in [4.78, 5) is 26.9. The summed E-state index contributed by atoms with van der Waals surface area (Å²) in [5, 5.41) is 5.12. The summed E-state index contributed by atoms with van der Waals surface area (Å²) >= 11 is 5.91. The van der Waals surface area contributed by atoms with Gasteiger partial charge in [-0.25, -0.2) is 9.48 Å². The number of piperidine rings is 1. The van der Waals surface area contributed by atoms with Crippen molar-refractivity contribution in [3.05, 3.63) is 51.2 Å². The molecule has 1 aromatic heterocycles. The number of amides is 1. The highest BCUT2D eigenvalue weighted by atomic mass is 35.5. The van der Waals surface area contributed by atoms with Gasteiger partial charge >= 0.3 is 5.69 Å². The van der Waals surface area contributed by atoms with Crippen LogP contribution in [0.1, 0.15) is 50.0 Å². The number of hydrogen-bond donors (Lipinski definition) is 0. The van der Waals surface area contributed by atoms with Crippen molar-refractivity contribution in [2.75, 3.05) is 13.1 Å². The third kappa shape index (κ3) is 3.85. The summed E-state index contributed by atoms with van der Waals surface area (Å²) in [5.41, 5.74) is 0.859. The van der Waals surface area contributed by atoms with Crippen LogP contribution >= 0.6 is 11.6 Å². The van der Waals surface area contributed by atoms with Crippen molar-refractivity contribution in [2.45, 2.75) is 45.1 Å². The van der Waals surface area contributed by atoms with Gasteiger partial charge in [-0.2, -0.15) is 5.10 Å². The Kier molecular flexibility index (Phi) is 5.51. The highest BCUT2D eigenvalue weighted by Crippen LogP contribution is 2.27. The van der Waals surface area contributed by atoms with E-state index in [1.54, 1.807) is 23.7 Å². The van der Waals surface area contributed by atoms with Crippen LogP contribution in [-0.2, 0) is 18.3 Å². The molecular weight excluding hydrogens is 352 g/mol. The molecule has 140 valence electrons. The van der Waals surface area contributed by atoms with Crippen LogP contribution in [0.3, 0.4) is 0 Å². The molecule has 2 aromatic rings. The van der Waals surface area contributed by atoms with Crippen molar-refractivity contribution in [2.24, 2.45) is 7.05 Å². The second-order valence-corrected chi connectivity index (χ2v) is 7.65. The molecule has 0 N–H and O–H groups in total. The van der Waals surface area contributed by atoms with E-state index in [0.717, 1.165) is 30.8 Å². The van der Waals surface area contributed by atoms with Gasteiger partial charge in [0, 0.05) is 37.1 Å². The molecule has 1 aliphatic rings. The van der Waals surface area contributed by atoms with Crippen LogP contribution in [0.15, 0.2) is 29.1 Å². The summed E-state index contributed by atoms with van der Waals surface area (Å²) in [6.45, 7) is 5.33. The number of carbonyl (C=O) groups is 1. The number of likely N-dealkylation sites (tertiary alicyclic amines) is 1. The first-order valence-electron chi connectivity index (χ1n) is 9.04. The monoisotopic (exact) mass is 376 g/mol. The molecular formula is C19H25ClN4O2. The second kappa shape index (κ2) is 7.66. The molecule has 0 spiro atoms. The molecule has 3 rings (SSSR count). The first-order valence-corrected chi connectivity index (χ1v) is 9.42. The highest BCUT2D eigenvalue weighted by Gasteiger charge is 2.29. The van der Waals surface area contributed by atoms with Gasteiger partial charge in [0.1, 0.15) is 5.82 Å². The van der Waals surface area contributed by atoms with Gasteiger partial charge < -0.3 is 4.90 Å². The van der Waals surface area contributed by atoms with E-state index in [2.05, 4.69) is 5.10 Å². The number of carbonyl (C=O) groups excluding carboxylic acids is 1. The maximum Gasteiger partial charge on any atom is 0.345 e. The Balaban J connectivity index is 1.75. The van der Waals surface area contributed by atoms with Crippen molar-refractivity contribution in [3.63, 3.8) is 0 Å². The SMILES string of the molecule is CC(C)n1c(C2CCCN(C(=O)Cc3ccc(Cl)cc3)C2)nn(C)c1=O. The summed E-state index contributed by atoms with van der Waals surface area (Å²) in [6, 6.07) is 7.43. The fourth-order valence-corrected chi connectivity index (χ4v) is 3.69. The Labute approximate surface area is 158 Å². The van der Waals surface area contributed by atoms with Gasteiger partial charge in [0.05, 0.1) is 6.42 Å². The Morgan fingerprint density at radius 1 is 1.31 bits per heavy atom. The van der Waals surface area contributed by atoms with Crippen molar-refractivity contribution >= 4 is 17.5 Å². The largest absolute Gasteiger partial charge is 0.345 e. The van der Waals surface area contributed by atoms with Gasteiger partial charge in [0.15, 0.2) is 0 Å². The first kappa shape index (κ1) is 18.7. The second-order valence-electron chi connectivity index (χ2n) is 7.21. The molecule has 1 fully saturated rings. The van der Waals surface area contributed by atoms with E-state index in [9.17, 15) is 9.59 Å². The lowest BCUT2D eigenvalue weighted by Crippen LogP contribution is -2.41. The van der Waals surface area contributed by atoms with Crippen LogP contribution in [-0.4, -0.2) is 38.2 Å². The van der Waals surface area contributed by atoms with E-state index in [1.807, 2.05) is 30.9 Å². The van der Waals surface area contributed by atoms with Gasteiger partial charge in [0.25, 0.3) is 0 Å². The topological polar surface area (TPSA) is 60.1 Å². The first-order chi connectivity index (χ1) is 12.4. The molecule has 7 heteroatoms. The molecule has 0 aliphatic carbocycles. The smallest absolute Gasteiger partial charge is 0.342 e. The molecule has 1 saturated heterocycles. The van der Waals surface area contributed by atoms with Crippen LogP contribution in [0.4, 0.5) is 0 Å². The minimum atomic E-state index is -0.0976. The minimum absolute atomic E-state index is 0.0475. The van der Waals surface area contributed by atoms with Crippen LogP contribution in [0.25, 0.3) is 0 Å². The van der Waals surface area contributed by atoms with Gasteiger partial charge in [0.2, 0.25) is 5.91 Å². The predicted octanol–water partition coefficient (Wildman–Crippen LogP) is 2.76. The number of nitrogens with zero attached hydrogens (tertiary/aromatic N) is 4. The molecule has 0 saturated carbocycles. The van der Waals surface area contributed by atoms with E-state index < -0.39 is 0 Å². The Hall–Kier alpha value is -2.08. The van der Waals surface area contributed by atoms with E-state index in [-0.39, 0.29) is 23.6 Å². The Morgan fingerprint density at radius 2 is 2.00 bits per heavy atom. The average molecular weight is 377 g/mol. The molecule has 0 radical (unpaired) electrons. The zero-order chi connectivity index (χ0) is 18.8. The highest BCUT2D eigenvalue weighted by molar-refractivity contribution is 6.30. The lowest BCUT2D eigenvalue weighted by atomic mass is 9.96. The van der Waals surface area contributed by atoms with Crippen LogP contribution in [0, 0.1) is 0 Å². The molecule has 6 nitrogen and oxygen atoms in total. The van der Waals surface area contributed by atoms with Gasteiger partial charge in [-0.05, 0) is 44.4 Å². The summed E-state index contributed by atoms with van der Waals surface area (Å²) in [6.07, 6.45) is 2.22. The molecule has 1 unspecified atom stereocenters. The van der Waals surface area contributed by atoms with Crippen molar-refractivity contribution < 1.29 is 4.79 Å². The zero-order valence-corrected chi connectivity index (χ0v) is 16.2. The fourth-order valence-electron chi connectivity index (χ4n) is 3.57. The van der Waals surface area contributed by atoms with Gasteiger partial charge in [-0.3, -0.25) is 9.36 Å². The quantitative estimate of drug-likeness (QED) is 0.824. The minimum Gasteiger partial charge on any atom is -0.342 e. The maximum atomic E-state index is 12.7. The maximum absolute atomic E-state index is 12.7. The third-order valence-electron chi connectivity index (χ3n) is 4.91. The number of rotatable bonds is 4. The van der Waals surface area contributed by atoms with Crippen LogP contribution < -0.4 is 5.69 Å². The van der Waals surface area contributed by atoms with E-state index >= 15 is 0 Å². The standard InChI is InChI=1S/C19H25ClN4O2/c1-13(2)24-18(21-22(3)19(24)26)15-5-4-10-23(12-15)17(25)11-14-6-8-16(20)9-7-14/h6-9,13,15H,4-5,10-12H2,1-3H3. The van der Waals surface area contributed by atoms with Gasteiger partial charge in [-0.1, -0.05) is 23.7 Å². The average Bonchev–Trinajstić information content (AvgIpc) is 2.92. The van der Waals surface area contributed by atoms with Crippen molar-refractivity contribution in [1.82, 2.24) is 19.2 Å². The number of benzene rings is 1. The normalized spacial score (nSPS) is 17.7. The molecule has 2 heterocycles. The summed E-state index contributed by atoms with van der Waals surface area (Å²) < 4.78 is 3.14. The van der Waals surface area contributed by atoms with Crippen molar-refractivity contribution in [1.29, 1.82) is 0 Å².